The summed E-state index contributed by atoms with van der Waals surface area (Å²) in [5.74, 6) is 1.04. The van der Waals surface area contributed by atoms with Gasteiger partial charge in [0.2, 0.25) is 0 Å². The SMILES string of the molecule is Cc1ccccc1NCCSc1nccs1. The van der Waals surface area contributed by atoms with Gasteiger partial charge in [-0.15, -0.1) is 11.3 Å². The molecule has 1 heterocycles. The molecule has 0 unspecified atom stereocenters. The number of nitrogens with zero attached hydrogens (tertiary/aromatic N) is 1. The molecule has 4 heteroatoms. The molecule has 0 spiro atoms. The number of rotatable bonds is 5. The standard InChI is InChI=1S/C12H14N2S2/c1-10-4-2-3-5-11(10)13-6-8-15-12-14-7-9-16-12/h2-5,7,9,13H,6,8H2,1H3. The number of hydrogen-bond acceptors (Lipinski definition) is 4. The Morgan fingerprint density at radius 1 is 1.38 bits per heavy atom. The minimum Gasteiger partial charge on any atom is -0.384 e. The van der Waals surface area contributed by atoms with Crippen LogP contribution in [0.15, 0.2) is 40.2 Å². The zero-order chi connectivity index (χ0) is 11.2. The third kappa shape index (κ3) is 3.25. The van der Waals surface area contributed by atoms with Gasteiger partial charge in [0, 0.05) is 29.6 Å². The summed E-state index contributed by atoms with van der Waals surface area (Å²) in [6.45, 7) is 3.09. The summed E-state index contributed by atoms with van der Waals surface area (Å²) < 4.78 is 1.14. The average molecular weight is 250 g/mol. The fourth-order valence-electron chi connectivity index (χ4n) is 1.38. The van der Waals surface area contributed by atoms with Crippen molar-refractivity contribution < 1.29 is 0 Å². The summed E-state index contributed by atoms with van der Waals surface area (Å²) >= 11 is 3.49. The lowest BCUT2D eigenvalue weighted by atomic mass is 10.2. The lowest BCUT2D eigenvalue weighted by Crippen LogP contribution is -2.04. The highest BCUT2D eigenvalue weighted by molar-refractivity contribution is 8.01. The Bertz CT molecular complexity index is 426. The minimum atomic E-state index is 0.967. The number of nitrogens with one attached hydrogen (secondary N) is 1. The first-order valence-electron chi connectivity index (χ1n) is 5.18. The zero-order valence-electron chi connectivity index (χ0n) is 9.14. The van der Waals surface area contributed by atoms with Crippen molar-refractivity contribution in [3.8, 4) is 0 Å². The van der Waals surface area contributed by atoms with E-state index in [9.17, 15) is 0 Å². The van der Waals surface area contributed by atoms with Crippen LogP contribution < -0.4 is 5.32 Å². The van der Waals surface area contributed by atoms with Gasteiger partial charge < -0.3 is 5.32 Å². The Morgan fingerprint density at radius 2 is 2.25 bits per heavy atom. The number of benzene rings is 1. The maximum atomic E-state index is 4.23. The van der Waals surface area contributed by atoms with Gasteiger partial charge in [-0.2, -0.15) is 0 Å². The molecule has 0 fully saturated rings. The van der Waals surface area contributed by atoms with Crippen LogP contribution in [0.25, 0.3) is 0 Å². The highest BCUT2D eigenvalue weighted by Crippen LogP contribution is 2.20. The maximum Gasteiger partial charge on any atom is 0.149 e. The monoisotopic (exact) mass is 250 g/mol. The Morgan fingerprint density at radius 3 is 3.00 bits per heavy atom. The zero-order valence-corrected chi connectivity index (χ0v) is 10.8. The quantitative estimate of drug-likeness (QED) is 0.647. The molecule has 0 aliphatic heterocycles. The Labute approximate surface area is 104 Å². The van der Waals surface area contributed by atoms with Gasteiger partial charge in [-0.05, 0) is 18.6 Å². The molecule has 0 saturated heterocycles. The van der Waals surface area contributed by atoms with Crippen LogP contribution in [0.1, 0.15) is 5.56 Å². The van der Waals surface area contributed by atoms with Gasteiger partial charge in [-0.1, -0.05) is 30.0 Å². The van der Waals surface area contributed by atoms with Crippen molar-refractivity contribution in [1.82, 2.24) is 4.98 Å². The van der Waals surface area contributed by atoms with Crippen LogP contribution in [-0.2, 0) is 0 Å². The van der Waals surface area contributed by atoms with E-state index in [1.165, 1.54) is 11.3 Å². The highest BCUT2D eigenvalue weighted by atomic mass is 32.2. The van der Waals surface area contributed by atoms with Crippen LogP contribution >= 0.6 is 23.1 Å². The third-order valence-electron chi connectivity index (χ3n) is 2.20. The van der Waals surface area contributed by atoms with Crippen LogP contribution in [0.4, 0.5) is 5.69 Å². The number of thioether (sulfide) groups is 1. The fourth-order valence-corrected chi connectivity index (χ4v) is 2.94. The van der Waals surface area contributed by atoms with Crippen molar-refractivity contribution in [3.63, 3.8) is 0 Å². The molecule has 1 N–H and O–H groups in total. The fraction of sp³-hybridized carbons (Fsp3) is 0.250. The van der Waals surface area contributed by atoms with E-state index in [0.29, 0.717) is 0 Å². The van der Waals surface area contributed by atoms with Crippen LogP contribution in [-0.4, -0.2) is 17.3 Å². The van der Waals surface area contributed by atoms with Crippen molar-refractivity contribution >= 4 is 28.8 Å². The molecule has 0 atom stereocenters. The summed E-state index contributed by atoms with van der Waals surface area (Å²) in [5.41, 5.74) is 2.52. The van der Waals surface area contributed by atoms with E-state index >= 15 is 0 Å². The van der Waals surface area contributed by atoms with Crippen LogP contribution in [0, 0.1) is 6.92 Å². The smallest absolute Gasteiger partial charge is 0.149 e. The molecular formula is C12H14N2S2. The Balaban J connectivity index is 1.74. The van der Waals surface area contributed by atoms with Crippen molar-refractivity contribution in [2.45, 2.75) is 11.3 Å². The van der Waals surface area contributed by atoms with E-state index in [1.807, 2.05) is 11.6 Å². The molecule has 2 rings (SSSR count). The number of anilines is 1. The van der Waals surface area contributed by atoms with Gasteiger partial charge in [-0.25, -0.2) is 4.98 Å². The molecule has 0 radical (unpaired) electrons. The summed E-state index contributed by atoms with van der Waals surface area (Å²) in [5, 5.41) is 5.44. The van der Waals surface area contributed by atoms with E-state index in [2.05, 4.69) is 41.5 Å². The summed E-state index contributed by atoms with van der Waals surface area (Å²) in [7, 11) is 0. The predicted octanol–water partition coefficient (Wildman–Crippen LogP) is 3.66. The molecular weight excluding hydrogens is 236 g/mol. The number of aryl methyl sites for hydroxylation is 1. The molecule has 2 nitrogen and oxygen atoms in total. The second kappa shape index (κ2) is 5.92. The van der Waals surface area contributed by atoms with E-state index < -0.39 is 0 Å². The molecule has 1 aromatic carbocycles. The van der Waals surface area contributed by atoms with E-state index in [0.717, 1.165) is 16.6 Å². The molecule has 1 aromatic heterocycles. The van der Waals surface area contributed by atoms with Crippen molar-refractivity contribution in [2.75, 3.05) is 17.6 Å². The van der Waals surface area contributed by atoms with Crippen LogP contribution in [0.3, 0.4) is 0 Å². The number of hydrogen-bond donors (Lipinski definition) is 1. The molecule has 2 aromatic rings. The van der Waals surface area contributed by atoms with Gasteiger partial charge in [0.1, 0.15) is 4.34 Å². The Kier molecular flexibility index (Phi) is 4.25. The molecule has 0 aliphatic carbocycles. The maximum absolute atomic E-state index is 4.23. The first kappa shape index (κ1) is 11.5. The first-order chi connectivity index (χ1) is 7.86. The number of para-hydroxylation sites is 1. The summed E-state index contributed by atoms with van der Waals surface area (Å²) in [4.78, 5) is 4.23. The van der Waals surface area contributed by atoms with E-state index in [4.69, 9.17) is 0 Å². The largest absolute Gasteiger partial charge is 0.384 e. The predicted molar refractivity (Wildman–Crippen MR) is 72.5 cm³/mol. The number of thiazole rings is 1. The van der Waals surface area contributed by atoms with Crippen LogP contribution in [0.2, 0.25) is 0 Å². The minimum absolute atomic E-state index is 0.967. The average Bonchev–Trinajstić information content (AvgIpc) is 2.79. The lowest BCUT2D eigenvalue weighted by Gasteiger charge is -2.07. The molecule has 0 aliphatic rings. The molecule has 16 heavy (non-hydrogen) atoms. The summed E-state index contributed by atoms with van der Waals surface area (Å²) in [6, 6.07) is 8.35. The normalized spacial score (nSPS) is 10.3. The lowest BCUT2D eigenvalue weighted by molar-refractivity contribution is 1.19. The number of aromatic nitrogens is 1. The van der Waals surface area contributed by atoms with Gasteiger partial charge in [0.25, 0.3) is 0 Å². The van der Waals surface area contributed by atoms with Gasteiger partial charge in [-0.3, -0.25) is 0 Å². The van der Waals surface area contributed by atoms with Crippen molar-refractivity contribution in [2.24, 2.45) is 0 Å². The van der Waals surface area contributed by atoms with Gasteiger partial charge >= 0.3 is 0 Å². The molecule has 0 saturated carbocycles. The first-order valence-corrected chi connectivity index (χ1v) is 7.04. The third-order valence-corrected chi connectivity index (χ3v) is 4.17. The second-order valence-corrected chi connectivity index (χ2v) is 5.62. The van der Waals surface area contributed by atoms with Gasteiger partial charge in [0.15, 0.2) is 0 Å². The van der Waals surface area contributed by atoms with E-state index in [-0.39, 0.29) is 0 Å². The molecule has 0 amide bonds. The van der Waals surface area contributed by atoms with E-state index in [1.54, 1.807) is 23.1 Å². The van der Waals surface area contributed by atoms with Crippen LogP contribution in [0.5, 0.6) is 0 Å². The van der Waals surface area contributed by atoms with Crippen molar-refractivity contribution in [1.29, 1.82) is 0 Å². The highest BCUT2D eigenvalue weighted by Gasteiger charge is 1.97. The molecule has 0 bridgehead atoms. The molecule has 84 valence electrons. The second-order valence-electron chi connectivity index (χ2n) is 3.39. The van der Waals surface area contributed by atoms with Crippen molar-refractivity contribution in [3.05, 3.63) is 41.4 Å². The Hall–Kier alpha value is -1.000. The van der Waals surface area contributed by atoms with Gasteiger partial charge in [0.05, 0.1) is 0 Å². The topological polar surface area (TPSA) is 24.9 Å². The summed E-state index contributed by atoms with van der Waals surface area (Å²) in [6.07, 6.45) is 1.85.